The molecular weight excluding hydrogens is 466 g/mol. The topological polar surface area (TPSA) is 134 Å². The number of carbonyl (C=O) groups excluding carboxylic acids is 1. The van der Waals surface area contributed by atoms with Crippen molar-refractivity contribution < 1.29 is 31.5 Å². The van der Waals surface area contributed by atoms with Gasteiger partial charge in [0.25, 0.3) is 12.3 Å². The molecule has 2 aliphatic rings. The Morgan fingerprint density at radius 2 is 1.97 bits per heavy atom. The van der Waals surface area contributed by atoms with Crippen LogP contribution in [-0.2, 0) is 5.54 Å². The van der Waals surface area contributed by atoms with Crippen molar-refractivity contribution in [3.8, 4) is 0 Å². The van der Waals surface area contributed by atoms with Crippen molar-refractivity contribution in [2.45, 2.75) is 48.4 Å². The minimum absolute atomic E-state index is 0.0127. The summed E-state index contributed by atoms with van der Waals surface area (Å²) in [6.07, 6.45) is -0.0634. The third kappa shape index (κ3) is 3.54. The Morgan fingerprint density at radius 1 is 1.27 bits per heavy atom. The number of carbonyl (C=O) groups is 1. The number of aromatic nitrogens is 2. The van der Waals surface area contributed by atoms with Crippen molar-refractivity contribution in [2.75, 3.05) is 5.32 Å². The average Bonchev–Trinajstić information content (AvgIpc) is 2.72. The number of amidine groups is 1. The van der Waals surface area contributed by atoms with E-state index in [0.29, 0.717) is 6.42 Å². The Bertz CT molecular complexity index is 1130. The summed E-state index contributed by atoms with van der Waals surface area (Å²) in [4.78, 5) is 23.7. The Balaban J connectivity index is 1.67. The fourth-order valence-electron chi connectivity index (χ4n) is 4.07. The molecule has 13 heteroatoms. The number of nitrogens with two attached hydrogens (primary N) is 1. The molecule has 5 N–H and O–H groups in total. The number of hydrogen-bond acceptors (Lipinski definition) is 7. The van der Waals surface area contributed by atoms with Crippen molar-refractivity contribution in [3.63, 3.8) is 0 Å². The van der Waals surface area contributed by atoms with Crippen LogP contribution in [0.25, 0.3) is 0 Å². The summed E-state index contributed by atoms with van der Waals surface area (Å²) in [5, 5.41) is 2.40. The standard InChI is InChI=1S/C20H21F4N5O3S/c1-19(17(24)33(31,32)20(5-2-6-20)18(25)29-19)11-7-10(3-4-12(11)21)28-16(30)14-9-26-13(8-27-14)15(22)23/h3-4,7-9,15,17,31-32H,2,5-6H2,1H3,(H2,25,29)(H,28,30)/t17-,19+/m0/s1. The summed E-state index contributed by atoms with van der Waals surface area (Å²) >= 11 is 0. The highest BCUT2D eigenvalue weighted by atomic mass is 32.3. The van der Waals surface area contributed by atoms with E-state index in [1.54, 1.807) is 0 Å². The van der Waals surface area contributed by atoms with Gasteiger partial charge in [-0.3, -0.25) is 23.9 Å². The van der Waals surface area contributed by atoms with Crippen LogP contribution < -0.4 is 11.1 Å². The van der Waals surface area contributed by atoms with E-state index < -0.39 is 50.2 Å². The van der Waals surface area contributed by atoms with Crippen molar-refractivity contribution in [3.05, 3.63) is 53.4 Å². The highest BCUT2D eigenvalue weighted by molar-refractivity contribution is 8.26. The largest absolute Gasteiger partial charge is 0.386 e. The van der Waals surface area contributed by atoms with Crippen LogP contribution in [0.15, 0.2) is 35.6 Å². The molecule has 2 heterocycles. The lowest BCUT2D eigenvalue weighted by Crippen LogP contribution is -2.61. The fourth-order valence-corrected chi connectivity index (χ4v) is 6.52. The molecule has 1 aromatic carbocycles. The van der Waals surface area contributed by atoms with Crippen molar-refractivity contribution in [2.24, 2.45) is 10.7 Å². The van der Waals surface area contributed by atoms with Gasteiger partial charge in [-0.25, -0.2) is 22.5 Å². The molecule has 1 amide bonds. The van der Waals surface area contributed by atoms with Crippen LogP contribution in [0.5, 0.6) is 0 Å². The molecular formula is C20H21F4N5O3S. The second kappa shape index (κ2) is 7.92. The van der Waals surface area contributed by atoms with Gasteiger partial charge < -0.3 is 11.1 Å². The van der Waals surface area contributed by atoms with Crippen LogP contribution in [0.1, 0.15) is 54.4 Å². The van der Waals surface area contributed by atoms with Crippen molar-refractivity contribution in [1.29, 1.82) is 0 Å². The van der Waals surface area contributed by atoms with Gasteiger partial charge >= 0.3 is 0 Å². The molecule has 1 saturated carbocycles. The molecule has 1 aromatic heterocycles. The van der Waals surface area contributed by atoms with E-state index in [4.69, 9.17) is 5.73 Å². The van der Waals surface area contributed by atoms with Gasteiger partial charge in [0.1, 0.15) is 33.3 Å². The summed E-state index contributed by atoms with van der Waals surface area (Å²) in [6.45, 7) is 1.20. The quantitative estimate of drug-likeness (QED) is 0.474. The van der Waals surface area contributed by atoms with E-state index >= 15 is 4.39 Å². The highest BCUT2D eigenvalue weighted by Crippen LogP contribution is 2.70. The summed E-state index contributed by atoms with van der Waals surface area (Å²) in [6, 6.07) is 3.25. The predicted octanol–water partition coefficient (Wildman–Crippen LogP) is 4.36. The lowest BCUT2D eigenvalue weighted by molar-refractivity contribution is 0.102. The van der Waals surface area contributed by atoms with E-state index in [-0.39, 0.29) is 35.6 Å². The molecule has 8 nitrogen and oxygen atoms in total. The first-order valence-electron chi connectivity index (χ1n) is 9.90. The molecule has 33 heavy (non-hydrogen) atoms. The third-order valence-corrected chi connectivity index (χ3v) is 8.99. The van der Waals surface area contributed by atoms with Crippen LogP contribution in [0.3, 0.4) is 0 Å². The summed E-state index contributed by atoms with van der Waals surface area (Å²) < 4.78 is 75.7. The number of rotatable bonds is 4. The van der Waals surface area contributed by atoms with E-state index in [1.807, 2.05) is 0 Å². The monoisotopic (exact) mass is 487 g/mol. The first-order valence-corrected chi connectivity index (χ1v) is 11.5. The molecule has 0 radical (unpaired) electrons. The number of halogens is 4. The minimum atomic E-state index is -3.93. The molecule has 0 saturated heterocycles. The van der Waals surface area contributed by atoms with E-state index in [0.717, 1.165) is 24.5 Å². The van der Waals surface area contributed by atoms with E-state index in [9.17, 15) is 27.1 Å². The van der Waals surface area contributed by atoms with Crippen LogP contribution in [0.2, 0.25) is 0 Å². The van der Waals surface area contributed by atoms with E-state index in [2.05, 4.69) is 20.3 Å². The number of anilines is 1. The molecule has 1 fully saturated rings. The zero-order valence-electron chi connectivity index (χ0n) is 17.3. The number of nitrogens with zero attached hydrogens (tertiary/aromatic N) is 3. The molecule has 0 unspecified atom stereocenters. The van der Waals surface area contributed by atoms with Crippen LogP contribution in [-0.4, -0.2) is 41.1 Å². The number of benzene rings is 1. The predicted molar refractivity (Wildman–Crippen MR) is 115 cm³/mol. The lowest BCUT2D eigenvalue weighted by atomic mass is 9.82. The van der Waals surface area contributed by atoms with Gasteiger partial charge in [-0.05, 0) is 44.4 Å². The Kier molecular flexibility index (Phi) is 5.61. The molecule has 178 valence electrons. The maximum Gasteiger partial charge on any atom is 0.281 e. The number of aliphatic imine (C=N–C) groups is 1. The second-order valence-electron chi connectivity index (χ2n) is 8.18. The number of amides is 1. The van der Waals surface area contributed by atoms with Crippen LogP contribution >= 0.6 is 10.6 Å². The van der Waals surface area contributed by atoms with Gasteiger partial charge in [0.2, 0.25) is 5.50 Å². The number of hydrogen-bond donors (Lipinski definition) is 4. The van der Waals surface area contributed by atoms with Gasteiger partial charge in [0.15, 0.2) is 0 Å². The maximum atomic E-state index is 15.6. The van der Waals surface area contributed by atoms with Gasteiger partial charge in [-0.15, -0.1) is 10.6 Å². The normalized spacial score (nSPS) is 26.4. The minimum Gasteiger partial charge on any atom is -0.386 e. The second-order valence-corrected chi connectivity index (χ2v) is 10.6. The first kappa shape index (κ1) is 23.4. The fraction of sp³-hybridized carbons (Fsp3) is 0.400. The van der Waals surface area contributed by atoms with E-state index in [1.165, 1.54) is 13.0 Å². The summed E-state index contributed by atoms with van der Waals surface area (Å²) in [5.41, 5.74) is 0.412. The Morgan fingerprint density at radius 3 is 2.52 bits per heavy atom. The van der Waals surface area contributed by atoms with Gasteiger partial charge in [-0.2, -0.15) is 0 Å². The number of nitrogens with one attached hydrogen (secondary N) is 1. The maximum absolute atomic E-state index is 15.6. The van der Waals surface area contributed by atoms with Crippen LogP contribution in [0, 0.1) is 5.82 Å². The summed E-state index contributed by atoms with van der Waals surface area (Å²) in [5.74, 6) is -1.86. The smallest absolute Gasteiger partial charge is 0.281 e. The van der Waals surface area contributed by atoms with Gasteiger partial charge in [-0.1, -0.05) is 0 Å². The average molecular weight is 487 g/mol. The summed E-state index contributed by atoms with van der Waals surface area (Å²) in [7, 11) is -3.93. The zero-order chi connectivity index (χ0) is 24.2. The highest BCUT2D eigenvalue weighted by Gasteiger charge is 2.63. The van der Waals surface area contributed by atoms with Crippen LogP contribution in [0.4, 0.5) is 23.2 Å². The Hall–Kier alpha value is -2.77. The lowest BCUT2D eigenvalue weighted by Gasteiger charge is -2.61. The molecule has 2 aromatic rings. The third-order valence-electron chi connectivity index (χ3n) is 6.18. The Labute approximate surface area is 187 Å². The zero-order valence-corrected chi connectivity index (χ0v) is 18.1. The van der Waals surface area contributed by atoms with Crippen molar-refractivity contribution >= 4 is 28.0 Å². The van der Waals surface area contributed by atoms with Gasteiger partial charge in [0.05, 0.1) is 12.4 Å². The molecule has 1 aliphatic heterocycles. The molecule has 1 aliphatic carbocycles. The molecule has 2 atom stereocenters. The number of alkyl halides is 3. The first-order chi connectivity index (χ1) is 15.4. The SMILES string of the molecule is C[C@]1(c2cc(NC(=O)c3cnc(C(F)F)cn3)ccc2F)N=C(N)C2(CCC2)S(O)(O)[C@@H]1F. The molecule has 0 bridgehead atoms. The molecule has 4 rings (SSSR count). The molecule has 1 spiro atoms. The van der Waals surface area contributed by atoms with Crippen molar-refractivity contribution in [1.82, 2.24) is 9.97 Å². The van der Waals surface area contributed by atoms with Gasteiger partial charge in [0, 0.05) is 11.3 Å².